The number of anilines is 1. The molecule has 30 heavy (non-hydrogen) atoms. The number of carbonyl (C=O) groups excluding carboxylic acids is 2. The van der Waals surface area contributed by atoms with Gasteiger partial charge in [0, 0.05) is 10.7 Å². The third kappa shape index (κ3) is 6.51. The van der Waals surface area contributed by atoms with Gasteiger partial charge in [0.15, 0.2) is 18.1 Å². The van der Waals surface area contributed by atoms with E-state index in [0.717, 1.165) is 0 Å². The summed E-state index contributed by atoms with van der Waals surface area (Å²) in [5, 5.41) is 12.5. The fourth-order valence-corrected chi connectivity index (χ4v) is 3.11. The Morgan fingerprint density at radius 1 is 1.27 bits per heavy atom. The molecule has 0 unspecified atom stereocenters. The summed E-state index contributed by atoms with van der Waals surface area (Å²) in [6.45, 7) is 1.84. The van der Waals surface area contributed by atoms with Gasteiger partial charge in [-0.1, -0.05) is 17.7 Å². The first-order chi connectivity index (χ1) is 14.4. The number of amides is 1. The summed E-state index contributed by atoms with van der Waals surface area (Å²) in [6.07, 6.45) is 1.41. The SMILES string of the molecule is CCOc1cc(/C=C(\C#N)C(=O)Nc2cccc(Cl)c2)cc(Br)c1OCC(=O)OC. The summed E-state index contributed by atoms with van der Waals surface area (Å²) in [4.78, 5) is 23.8. The molecule has 0 saturated carbocycles. The molecule has 7 nitrogen and oxygen atoms in total. The van der Waals surface area contributed by atoms with Gasteiger partial charge in [-0.25, -0.2) is 4.79 Å². The van der Waals surface area contributed by atoms with Gasteiger partial charge in [0.05, 0.1) is 18.2 Å². The highest BCUT2D eigenvalue weighted by Crippen LogP contribution is 2.37. The van der Waals surface area contributed by atoms with Crippen LogP contribution < -0.4 is 14.8 Å². The van der Waals surface area contributed by atoms with Crippen LogP contribution in [0.2, 0.25) is 5.02 Å². The van der Waals surface area contributed by atoms with E-state index >= 15 is 0 Å². The first kappa shape index (κ1) is 23.3. The highest BCUT2D eigenvalue weighted by Gasteiger charge is 2.16. The second kappa shape index (κ2) is 11.2. The predicted molar refractivity (Wildman–Crippen MR) is 116 cm³/mol. The zero-order chi connectivity index (χ0) is 22.1. The highest BCUT2D eigenvalue weighted by atomic mass is 79.9. The largest absolute Gasteiger partial charge is 0.490 e. The van der Waals surface area contributed by atoms with Gasteiger partial charge in [-0.2, -0.15) is 5.26 Å². The van der Waals surface area contributed by atoms with Crippen LogP contribution in [0.25, 0.3) is 6.08 Å². The van der Waals surface area contributed by atoms with Crippen molar-refractivity contribution in [2.45, 2.75) is 6.92 Å². The minimum absolute atomic E-state index is 0.118. The maximum atomic E-state index is 12.5. The van der Waals surface area contributed by atoms with E-state index in [0.29, 0.717) is 38.9 Å². The molecule has 1 amide bonds. The van der Waals surface area contributed by atoms with Crippen molar-refractivity contribution in [2.24, 2.45) is 0 Å². The summed E-state index contributed by atoms with van der Waals surface area (Å²) in [7, 11) is 1.26. The zero-order valence-corrected chi connectivity index (χ0v) is 18.5. The van der Waals surface area contributed by atoms with Crippen molar-refractivity contribution < 1.29 is 23.8 Å². The van der Waals surface area contributed by atoms with Crippen molar-refractivity contribution in [3.05, 3.63) is 57.0 Å². The van der Waals surface area contributed by atoms with Crippen LogP contribution in [0.15, 0.2) is 46.4 Å². The minimum atomic E-state index is -0.583. The monoisotopic (exact) mass is 492 g/mol. The molecule has 156 valence electrons. The molecule has 2 aromatic carbocycles. The Morgan fingerprint density at radius 2 is 2.03 bits per heavy atom. The average molecular weight is 494 g/mol. The number of nitriles is 1. The summed E-state index contributed by atoms with van der Waals surface area (Å²) >= 11 is 9.28. The quantitative estimate of drug-likeness (QED) is 0.328. The number of nitrogens with one attached hydrogen (secondary N) is 1. The molecule has 2 aromatic rings. The number of hydrogen-bond acceptors (Lipinski definition) is 6. The van der Waals surface area contributed by atoms with Gasteiger partial charge in [-0.15, -0.1) is 0 Å². The van der Waals surface area contributed by atoms with Crippen molar-refractivity contribution in [2.75, 3.05) is 25.6 Å². The number of hydrogen-bond donors (Lipinski definition) is 1. The predicted octanol–water partition coefficient (Wildman–Crippen LogP) is 4.60. The molecule has 0 atom stereocenters. The topological polar surface area (TPSA) is 97.6 Å². The third-order valence-electron chi connectivity index (χ3n) is 3.65. The molecule has 0 aliphatic rings. The van der Waals surface area contributed by atoms with E-state index in [4.69, 9.17) is 21.1 Å². The standard InChI is InChI=1S/C21H18BrClN2O5/c1-3-29-18-9-13(8-17(22)20(18)30-12-19(26)28-2)7-14(11-24)21(27)25-16-6-4-5-15(23)10-16/h4-10H,3,12H2,1-2H3,(H,25,27)/b14-7+. The van der Waals surface area contributed by atoms with Gasteiger partial charge < -0.3 is 19.5 Å². The smallest absolute Gasteiger partial charge is 0.343 e. The maximum Gasteiger partial charge on any atom is 0.343 e. The number of halogens is 2. The molecule has 0 bridgehead atoms. The molecule has 0 aromatic heterocycles. The molecule has 0 radical (unpaired) electrons. The van der Waals surface area contributed by atoms with Gasteiger partial charge in [0.2, 0.25) is 0 Å². The average Bonchev–Trinajstić information content (AvgIpc) is 2.71. The van der Waals surface area contributed by atoms with Crippen LogP contribution in [0.5, 0.6) is 11.5 Å². The van der Waals surface area contributed by atoms with E-state index in [9.17, 15) is 14.9 Å². The Balaban J connectivity index is 2.31. The third-order valence-corrected chi connectivity index (χ3v) is 4.48. The van der Waals surface area contributed by atoms with E-state index in [2.05, 4.69) is 26.0 Å². The molecule has 0 aliphatic carbocycles. The Kier molecular flexibility index (Phi) is 8.71. The number of esters is 1. The lowest BCUT2D eigenvalue weighted by Crippen LogP contribution is -2.14. The van der Waals surface area contributed by atoms with Crippen LogP contribution in [-0.2, 0) is 14.3 Å². The van der Waals surface area contributed by atoms with Crippen molar-refractivity contribution in [3.63, 3.8) is 0 Å². The first-order valence-corrected chi connectivity index (χ1v) is 9.89. The number of carbonyl (C=O) groups is 2. The normalized spacial score (nSPS) is 10.7. The van der Waals surface area contributed by atoms with Gasteiger partial charge in [-0.3, -0.25) is 4.79 Å². The molecule has 0 heterocycles. The van der Waals surface area contributed by atoms with Crippen LogP contribution in [0.3, 0.4) is 0 Å². The van der Waals surface area contributed by atoms with E-state index in [1.165, 1.54) is 13.2 Å². The van der Waals surface area contributed by atoms with E-state index in [-0.39, 0.29) is 12.2 Å². The van der Waals surface area contributed by atoms with Crippen LogP contribution in [0, 0.1) is 11.3 Å². The van der Waals surface area contributed by atoms with Gasteiger partial charge in [-0.05, 0) is 64.8 Å². The molecule has 0 fully saturated rings. The minimum Gasteiger partial charge on any atom is -0.490 e. The van der Waals surface area contributed by atoms with Gasteiger partial charge in [0.25, 0.3) is 5.91 Å². The second-order valence-electron chi connectivity index (χ2n) is 5.76. The van der Waals surface area contributed by atoms with Crippen molar-refractivity contribution in [3.8, 4) is 17.6 Å². The van der Waals surface area contributed by atoms with Crippen molar-refractivity contribution in [1.29, 1.82) is 5.26 Å². The molecular weight excluding hydrogens is 476 g/mol. The summed E-state index contributed by atoms with van der Waals surface area (Å²) in [6, 6.07) is 11.7. The number of methoxy groups -OCH3 is 1. The number of ether oxygens (including phenoxy) is 3. The lowest BCUT2D eigenvalue weighted by atomic mass is 10.1. The maximum absolute atomic E-state index is 12.5. The fraction of sp³-hybridized carbons (Fsp3) is 0.190. The first-order valence-electron chi connectivity index (χ1n) is 8.72. The number of rotatable bonds is 8. The van der Waals surface area contributed by atoms with Crippen LogP contribution in [0.4, 0.5) is 5.69 Å². The fourth-order valence-electron chi connectivity index (χ4n) is 2.34. The van der Waals surface area contributed by atoms with Crippen LogP contribution in [0.1, 0.15) is 12.5 Å². The Bertz CT molecular complexity index is 1020. The molecule has 0 spiro atoms. The lowest BCUT2D eigenvalue weighted by molar-refractivity contribution is -0.142. The van der Waals surface area contributed by atoms with Gasteiger partial charge in [0.1, 0.15) is 11.6 Å². The molecule has 2 rings (SSSR count). The summed E-state index contributed by atoms with van der Waals surface area (Å²) in [5.74, 6) is -0.478. The summed E-state index contributed by atoms with van der Waals surface area (Å²) in [5.41, 5.74) is 0.873. The Labute approximate surface area is 187 Å². The Hall–Kier alpha value is -3.02. The van der Waals surface area contributed by atoms with Crippen LogP contribution in [-0.4, -0.2) is 32.2 Å². The van der Waals surface area contributed by atoms with E-state index in [1.807, 2.05) is 6.07 Å². The zero-order valence-electron chi connectivity index (χ0n) is 16.2. The van der Waals surface area contributed by atoms with Gasteiger partial charge >= 0.3 is 5.97 Å². The highest BCUT2D eigenvalue weighted by molar-refractivity contribution is 9.10. The van der Waals surface area contributed by atoms with E-state index < -0.39 is 11.9 Å². The van der Waals surface area contributed by atoms with Crippen molar-refractivity contribution >= 4 is 51.2 Å². The number of benzene rings is 2. The number of nitrogens with zero attached hydrogens (tertiary/aromatic N) is 1. The lowest BCUT2D eigenvalue weighted by Gasteiger charge is -2.14. The molecular formula is C21H18BrClN2O5. The summed E-state index contributed by atoms with van der Waals surface area (Å²) < 4.78 is 16.1. The second-order valence-corrected chi connectivity index (χ2v) is 7.05. The van der Waals surface area contributed by atoms with Crippen molar-refractivity contribution in [1.82, 2.24) is 0 Å². The molecule has 1 N–H and O–H groups in total. The Morgan fingerprint density at radius 3 is 2.67 bits per heavy atom. The van der Waals surface area contributed by atoms with Crippen LogP contribution >= 0.6 is 27.5 Å². The van der Waals surface area contributed by atoms with E-state index in [1.54, 1.807) is 43.3 Å². The molecule has 9 heteroatoms. The molecule has 0 aliphatic heterocycles. The molecule has 0 saturated heterocycles.